The van der Waals surface area contributed by atoms with E-state index in [1.807, 2.05) is 18.7 Å². The largest absolute Gasteiger partial charge is 0.308 e. The summed E-state index contributed by atoms with van der Waals surface area (Å²) in [5.41, 5.74) is 2.19. The van der Waals surface area contributed by atoms with Gasteiger partial charge < -0.3 is 5.32 Å². The van der Waals surface area contributed by atoms with Crippen LogP contribution in [0.4, 0.5) is 4.39 Å². The normalized spacial score (nSPS) is 26.1. The van der Waals surface area contributed by atoms with Crippen molar-refractivity contribution in [3.05, 3.63) is 17.5 Å². The molecule has 1 aliphatic rings. The molecule has 0 saturated heterocycles. The van der Waals surface area contributed by atoms with Gasteiger partial charge in [-0.1, -0.05) is 0 Å². The standard InChI is InChI=1S/C11H18FN3/c1-8-5-11(15(2)14-8)7-13-10-4-3-9(12)6-10/h5,9-10,13H,3-4,6-7H2,1-2H3/t9-,10+/m1/s1. The summed E-state index contributed by atoms with van der Waals surface area (Å²) in [6, 6.07) is 2.41. The molecule has 3 nitrogen and oxygen atoms in total. The predicted molar refractivity (Wildman–Crippen MR) is 57.3 cm³/mol. The molecule has 2 atom stereocenters. The van der Waals surface area contributed by atoms with Crippen molar-refractivity contribution in [2.24, 2.45) is 7.05 Å². The number of aromatic nitrogens is 2. The smallest absolute Gasteiger partial charge is 0.102 e. The minimum Gasteiger partial charge on any atom is -0.308 e. The fourth-order valence-corrected chi connectivity index (χ4v) is 2.19. The molecule has 0 bridgehead atoms. The van der Waals surface area contributed by atoms with Gasteiger partial charge in [-0.15, -0.1) is 0 Å². The van der Waals surface area contributed by atoms with Gasteiger partial charge in [0, 0.05) is 19.6 Å². The van der Waals surface area contributed by atoms with Crippen LogP contribution in [-0.4, -0.2) is 22.0 Å². The first kappa shape index (κ1) is 10.6. The molecular weight excluding hydrogens is 193 g/mol. The Balaban J connectivity index is 1.85. The van der Waals surface area contributed by atoms with Crippen LogP contribution in [0.1, 0.15) is 30.7 Å². The molecule has 1 aliphatic carbocycles. The van der Waals surface area contributed by atoms with E-state index in [4.69, 9.17) is 0 Å². The second-order valence-corrected chi connectivity index (χ2v) is 4.39. The van der Waals surface area contributed by atoms with Crippen molar-refractivity contribution in [3.8, 4) is 0 Å². The number of hydrogen-bond acceptors (Lipinski definition) is 2. The first-order valence-electron chi connectivity index (χ1n) is 5.52. The number of alkyl halides is 1. The lowest BCUT2D eigenvalue weighted by molar-refractivity contribution is 0.333. The molecule has 84 valence electrons. The highest BCUT2D eigenvalue weighted by atomic mass is 19.1. The summed E-state index contributed by atoms with van der Waals surface area (Å²) < 4.78 is 14.8. The Bertz CT molecular complexity index is 335. The van der Waals surface area contributed by atoms with E-state index in [1.165, 1.54) is 0 Å². The van der Waals surface area contributed by atoms with Crippen LogP contribution in [0.3, 0.4) is 0 Å². The van der Waals surface area contributed by atoms with Gasteiger partial charge in [-0.2, -0.15) is 5.10 Å². The monoisotopic (exact) mass is 211 g/mol. The summed E-state index contributed by atoms with van der Waals surface area (Å²) in [5, 5.41) is 7.66. The fraction of sp³-hybridized carbons (Fsp3) is 0.727. The van der Waals surface area contributed by atoms with E-state index in [0.717, 1.165) is 24.4 Å². The number of rotatable bonds is 3. The first-order valence-corrected chi connectivity index (χ1v) is 5.52. The first-order chi connectivity index (χ1) is 7.15. The number of halogens is 1. The van der Waals surface area contributed by atoms with Crippen molar-refractivity contribution < 1.29 is 4.39 Å². The van der Waals surface area contributed by atoms with Crippen molar-refractivity contribution in [1.29, 1.82) is 0 Å². The molecule has 1 aromatic rings. The summed E-state index contributed by atoms with van der Waals surface area (Å²) >= 11 is 0. The second-order valence-electron chi connectivity index (χ2n) is 4.39. The second kappa shape index (κ2) is 4.31. The van der Waals surface area contributed by atoms with Gasteiger partial charge in [0.05, 0.1) is 11.4 Å². The van der Waals surface area contributed by atoms with Crippen molar-refractivity contribution in [3.63, 3.8) is 0 Å². The van der Waals surface area contributed by atoms with E-state index in [-0.39, 0.29) is 0 Å². The van der Waals surface area contributed by atoms with Crippen LogP contribution >= 0.6 is 0 Å². The summed E-state index contributed by atoms with van der Waals surface area (Å²) in [6.45, 7) is 2.77. The maximum absolute atomic E-state index is 12.9. The molecule has 0 aromatic carbocycles. The molecule has 1 fully saturated rings. The Morgan fingerprint density at radius 3 is 2.93 bits per heavy atom. The van der Waals surface area contributed by atoms with Crippen LogP contribution in [0, 0.1) is 6.92 Å². The van der Waals surface area contributed by atoms with E-state index in [2.05, 4.69) is 16.5 Å². The van der Waals surface area contributed by atoms with Crippen LogP contribution in [0.5, 0.6) is 0 Å². The van der Waals surface area contributed by atoms with Crippen molar-refractivity contribution >= 4 is 0 Å². The minimum absolute atomic E-state index is 0.343. The number of hydrogen-bond donors (Lipinski definition) is 1. The lowest BCUT2D eigenvalue weighted by atomic mass is 10.2. The Morgan fingerprint density at radius 1 is 1.60 bits per heavy atom. The molecule has 1 N–H and O–H groups in total. The van der Waals surface area contributed by atoms with Gasteiger partial charge in [-0.3, -0.25) is 4.68 Å². The quantitative estimate of drug-likeness (QED) is 0.825. The molecule has 1 aromatic heterocycles. The van der Waals surface area contributed by atoms with Crippen LogP contribution in [0.2, 0.25) is 0 Å². The Labute approximate surface area is 89.7 Å². The van der Waals surface area contributed by atoms with Crippen molar-refractivity contribution in [2.75, 3.05) is 0 Å². The van der Waals surface area contributed by atoms with Crippen LogP contribution in [0.25, 0.3) is 0 Å². The van der Waals surface area contributed by atoms with Gasteiger partial charge in [0.1, 0.15) is 6.17 Å². The van der Waals surface area contributed by atoms with Gasteiger partial charge in [0.15, 0.2) is 0 Å². The zero-order valence-corrected chi connectivity index (χ0v) is 9.33. The average molecular weight is 211 g/mol. The molecular formula is C11H18FN3. The average Bonchev–Trinajstić information content (AvgIpc) is 2.70. The topological polar surface area (TPSA) is 29.9 Å². The van der Waals surface area contributed by atoms with Crippen LogP contribution in [0.15, 0.2) is 6.07 Å². The number of aryl methyl sites for hydroxylation is 2. The van der Waals surface area contributed by atoms with Crippen molar-refractivity contribution in [1.82, 2.24) is 15.1 Å². The minimum atomic E-state index is -0.601. The van der Waals surface area contributed by atoms with Gasteiger partial charge in [-0.25, -0.2) is 4.39 Å². The van der Waals surface area contributed by atoms with Crippen LogP contribution in [-0.2, 0) is 13.6 Å². The molecule has 15 heavy (non-hydrogen) atoms. The molecule has 2 rings (SSSR count). The van der Waals surface area contributed by atoms with E-state index >= 15 is 0 Å². The molecule has 4 heteroatoms. The molecule has 1 heterocycles. The highest BCUT2D eigenvalue weighted by Crippen LogP contribution is 2.22. The molecule has 0 amide bonds. The van der Waals surface area contributed by atoms with E-state index in [1.54, 1.807) is 0 Å². The zero-order valence-electron chi connectivity index (χ0n) is 9.33. The van der Waals surface area contributed by atoms with Crippen LogP contribution < -0.4 is 5.32 Å². The summed E-state index contributed by atoms with van der Waals surface area (Å²) in [7, 11) is 1.94. The number of nitrogens with one attached hydrogen (secondary N) is 1. The third-order valence-corrected chi connectivity index (χ3v) is 3.04. The fourth-order valence-electron chi connectivity index (χ4n) is 2.19. The SMILES string of the molecule is Cc1cc(CN[C@H]2CC[C@@H](F)C2)n(C)n1. The number of nitrogens with zero attached hydrogens (tertiary/aromatic N) is 2. The maximum atomic E-state index is 12.9. The van der Waals surface area contributed by atoms with E-state index < -0.39 is 6.17 Å². The van der Waals surface area contributed by atoms with Gasteiger partial charge >= 0.3 is 0 Å². The molecule has 0 radical (unpaired) electrons. The van der Waals surface area contributed by atoms with Gasteiger partial charge in [0.2, 0.25) is 0 Å². The van der Waals surface area contributed by atoms with E-state index in [0.29, 0.717) is 18.9 Å². The maximum Gasteiger partial charge on any atom is 0.102 e. The third kappa shape index (κ3) is 2.56. The molecule has 1 saturated carbocycles. The highest BCUT2D eigenvalue weighted by molar-refractivity contribution is 5.08. The van der Waals surface area contributed by atoms with E-state index in [9.17, 15) is 4.39 Å². The Hall–Kier alpha value is -0.900. The molecule has 0 unspecified atom stereocenters. The summed E-state index contributed by atoms with van der Waals surface area (Å²) in [6.07, 6.45) is 1.73. The summed E-state index contributed by atoms with van der Waals surface area (Å²) in [4.78, 5) is 0. The van der Waals surface area contributed by atoms with Gasteiger partial charge in [0.25, 0.3) is 0 Å². The lowest BCUT2D eigenvalue weighted by Crippen LogP contribution is -2.27. The third-order valence-electron chi connectivity index (χ3n) is 3.04. The van der Waals surface area contributed by atoms with Crippen molar-refractivity contribution in [2.45, 2.75) is 44.9 Å². The van der Waals surface area contributed by atoms with Gasteiger partial charge in [-0.05, 0) is 32.3 Å². The Kier molecular flexibility index (Phi) is 3.05. The highest BCUT2D eigenvalue weighted by Gasteiger charge is 2.23. The predicted octanol–water partition coefficient (Wildman–Crippen LogP) is 1.71. The summed E-state index contributed by atoms with van der Waals surface area (Å²) in [5.74, 6) is 0. The Morgan fingerprint density at radius 2 is 2.40 bits per heavy atom. The zero-order chi connectivity index (χ0) is 10.8. The lowest BCUT2D eigenvalue weighted by Gasteiger charge is -2.11. The molecule has 0 aliphatic heterocycles. The molecule has 0 spiro atoms.